The first-order valence-corrected chi connectivity index (χ1v) is 7.68. The van der Waals surface area contributed by atoms with Crippen LogP contribution in [0.25, 0.3) is 0 Å². The van der Waals surface area contributed by atoms with Gasteiger partial charge in [0.15, 0.2) is 11.5 Å². The number of ether oxygens (including phenoxy) is 3. The van der Waals surface area contributed by atoms with E-state index in [9.17, 15) is 9.90 Å². The van der Waals surface area contributed by atoms with E-state index in [2.05, 4.69) is 10.2 Å². The van der Waals surface area contributed by atoms with Gasteiger partial charge in [-0.15, -0.1) is 5.11 Å². The molecule has 138 valence electrons. The lowest BCUT2D eigenvalue weighted by atomic mass is 10.1. The van der Waals surface area contributed by atoms with Gasteiger partial charge in [0, 0.05) is 25.8 Å². The third-order valence-corrected chi connectivity index (χ3v) is 3.67. The molecule has 0 aliphatic rings. The molecule has 0 unspecified atom stereocenters. The Morgan fingerprint density at radius 3 is 2.04 bits per heavy atom. The van der Waals surface area contributed by atoms with E-state index in [-0.39, 0.29) is 28.5 Å². The second-order valence-electron chi connectivity index (χ2n) is 5.46. The fourth-order valence-corrected chi connectivity index (χ4v) is 2.33. The molecule has 2 rings (SSSR count). The molecule has 0 atom stereocenters. The third kappa shape index (κ3) is 3.85. The first-order chi connectivity index (χ1) is 12.4. The summed E-state index contributed by atoms with van der Waals surface area (Å²) in [5.41, 5.74) is 1.53. The van der Waals surface area contributed by atoms with Gasteiger partial charge in [0.2, 0.25) is 5.75 Å². The lowest BCUT2D eigenvalue weighted by Crippen LogP contribution is -2.07. The number of nitrogens with zero attached hydrogens (tertiary/aromatic N) is 3. The Morgan fingerprint density at radius 2 is 1.58 bits per heavy atom. The number of rotatable bonds is 7. The molecule has 0 saturated heterocycles. The van der Waals surface area contributed by atoms with Crippen LogP contribution in [-0.4, -0.2) is 46.5 Å². The second kappa shape index (κ2) is 8.19. The normalized spacial score (nSPS) is 10.7. The van der Waals surface area contributed by atoms with Gasteiger partial charge in [0.1, 0.15) is 5.69 Å². The summed E-state index contributed by atoms with van der Waals surface area (Å²) < 4.78 is 15.8. The highest BCUT2D eigenvalue weighted by molar-refractivity contribution is 5.97. The zero-order valence-corrected chi connectivity index (χ0v) is 15.3. The summed E-state index contributed by atoms with van der Waals surface area (Å²) >= 11 is 0. The average Bonchev–Trinajstić information content (AvgIpc) is 2.64. The fraction of sp³-hybridized carbons (Fsp3) is 0.278. The molecule has 0 saturated carbocycles. The van der Waals surface area contributed by atoms with E-state index in [0.29, 0.717) is 5.69 Å². The summed E-state index contributed by atoms with van der Waals surface area (Å²) in [6, 6.07) is 8.67. The number of aromatic carboxylic acids is 1. The van der Waals surface area contributed by atoms with Crippen molar-refractivity contribution in [3.8, 4) is 17.2 Å². The highest BCUT2D eigenvalue weighted by Gasteiger charge is 2.24. The number of carboxylic acids is 1. The van der Waals surface area contributed by atoms with Gasteiger partial charge in [-0.3, -0.25) is 0 Å². The maximum Gasteiger partial charge on any atom is 0.338 e. The smallest absolute Gasteiger partial charge is 0.338 e. The lowest BCUT2D eigenvalue weighted by molar-refractivity contribution is 0.0697. The summed E-state index contributed by atoms with van der Waals surface area (Å²) in [7, 11) is 8.11. The van der Waals surface area contributed by atoms with Crippen molar-refractivity contribution in [2.45, 2.75) is 0 Å². The van der Waals surface area contributed by atoms with Crippen molar-refractivity contribution in [2.24, 2.45) is 10.2 Å². The SMILES string of the molecule is COc1cc(C(=O)O)c(N=Nc2ccc(N(C)C)cc2)c(OC)c1OC. The largest absolute Gasteiger partial charge is 0.493 e. The third-order valence-electron chi connectivity index (χ3n) is 3.67. The van der Waals surface area contributed by atoms with E-state index in [1.165, 1.54) is 27.4 Å². The second-order valence-corrected chi connectivity index (χ2v) is 5.46. The summed E-state index contributed by atoms with van der Waals surface area (Å²) in [5, 5.41) is 17.7. The van der Waals surface area contributed by atoms with Gasteiger partial charge in [0.25, 0.3) is 0 Å². The molecule has 2 aromatic carbocycles. The molecule has 8 nitrogen and oxygen atoms in total. The summed E-state index contributed by atoms with van der Waals surface area (Å²) in [6.07, 6.45) is 0. The molecular formula is C18H21N3O5. The number of benzene rings is 2. The van der Waals surface area contributed by atoms with Crippen LogP contribution in [0.1, 0.15) is 10.4 Å². The topological polar surface area (TPSA) is 93.0 Å². The number of hydrogen-bond donors (Lipinski definition) is 1. The zero-order valence-electron chi connectivity index (χ0n) is 15.3. The van der Waals surface area contributed by atoms with Gasteiger partial charge in [-0.25, -0.2) is 4.79 Å². The molecule has 0 amide bonds. The van der Waals surface area contributed by atoms with Crippen molar-refractivity contribution in [2.75, 3.05) is 40.3 Å². The van der Waals surface area contributed by atoms with E-state index in [1.807, 2.05) is 31.1 Å². The molecule has 0 heterocycles. The van der Waals surface area contributed by atoms with Crippen molar-refractivity contribution in [1.29, 1.82) is 0 Å². The molecule has 1 N–H and O–H groups in total. The van der Waals surface area contributed by atoms with Crippen molar-refractivity contribution in [3.05, 3.63) is 35.9 Å². The molecule has 0 spiro atoms. The Hall–Kier alpha value is -3.29. The summed E-state index contributed by atoms with van der Waals surface area (Å²) in [5.74, 6) is -0.563. The van der Waals surface area contributed by atoms with Gasteiger partial charge in [-0.1, -0.05) is 0 Å². The standard InChI is InChI=1S/C18H21N3O5/c1-21(2)12-8-6-11(7-9-12)19-20-15-13(18(22)23)10-14(24-3)16(25-4)17(15)26-5/h6-10H,1-5H3,(H,22,23). The highest BCUT2D eigenvalue weighted by Crippen LogP contribution is 2.47. The van der Waals surface area contributed by atoms with Crippen molar-refractivity contribution >= 4 is 23.0 Å². The monoisotopic (exact) mass is 359 g/mol. The van der Waals surface area contributed by atoms with Crippen LogP contribution < -0.4 is 19.1 Å². The van der Waals surface area contributed by atoms with E-state index in [1.54, 1.807) is 12.1 Å². The first kappa shape index (κ1) is 19.0. The predicted octanol–water partition coefficient (Wildman–Crippen LogP) is 3.89. The number of carbonyl (C=O) groups is 1. The van der Waals surface area contributed by atoms with E-state index in [0.717, 1.165) is 5.69 Å². The van der Waals surface area contributed by atoms with E-state index < -0.39 is 5.97 Å². The van der Waals surface area contributed by atoms with Gasteiger partial charge in [0.05, 0.1) is 32.6 Å². The Morgan fingerprint density at radius 1 is 0.962 bits per heavy atom. The minimum Gasteiger partial charge on any atom is -0.493 e. The fourth-order valence-electron chi connectivity index (χ4n) is 2.33. The van der Waals surface area contributed by atoms with Crippen LogP contribution in [0.2, 0.25) is 0 Å². The van der Waals surface area contributed by atoms with Crippen molar-refractivity contribution in [1.82, 2.24) is 0 Å². The van der Waals surface area contributed by atoms with Crippen LogP contribution in [0, 0.1) is 0 Å². The molecule has 0 aromatic heterocycles. The molecule has 8 heteroatoms. The molecular weight excluding hydrogens is 338 g/mol. The minimum atomic E-state index is -1.18. The van der Waals surface area contributed by atoms with Crippen LogP contribution >= 0.6 is 0 Å². The van der Waals surface area contributed by atoms with Crippen LogP contribution in [0.15, 0.2) is 40.6 Å². The summed E-state index contributed by atoms with van der Waals surface area (Å²) in [4.78, 5) is 13.6. The Bertz CT molecular complexity index is 817. The predicted molar refractivity (Wildman–Crippen MR) is 98.0 cm³/mol. The molecule has 0 aliphatic heterocycles. The number of anilines is 1. The average molecular weight is 359 g/mol. The van der Waals surface area contributed by atoms with Gasteiger partial charge in [-0.2, -0.15) is 5.11 Å². The van der Waals surface area contributed by atoms with Crippen LogP contribution in [0.5, 0.6) is 17.2 Å². The van der Waals surface area contributed by atoms with Crippen molar-refractivity contribution in [3.63, 3.8) is 0 Å². The quantitative estimate of drug-likeness (QED) is 0.754. The summed E-state index contributed by atoms with van der Waals surface area (Å²) in [6.45, 7) is 0. The molecule has 0 bridgehead atoms. The van der Waals surface area contributed by atoms with Gasteiger partial charge in [-0.05, 0) is 24.3 Å². The van der Waals surface area contributed by atoms with E-state index >= 15 is 0 Å². The van der Waals surface area contributed by atoms with Gasteiger partial charge < -0.3 is 24.2 Å². The molecule has 0 radical (unpaired) electrons. The minimum absolute atomic E-state index is 0.0503. The number of azo groups is 1. The maximum absolute atomic E-state index is 11.6. The highest BCUT2D eigenvalue weighted by atomic mass is 16.5. The Labute approximate surface area is 151 Å². The van der Waals surface area contributed by atoms with Gasteiger partial charge >= 0.3 is 5.97 Å². The first-order valence-electron chi connectivity index (χ1n) is 7.68. The maximum atomic E-state index is 11.6. The Balaban J connectivity index is 2.54. The molecule has 26 heavy (non-hydrogen) atoms. The number of carboxylic acid groups (broad SMARTS) is 1. The van der Waals surface area contributed by atoms with Crippen LogP contribution in [-0.2, 0) is 0 Å². The lowest BCUT2D eigenvalue weighted by Gasteiger charge is -2.15. The zero-order chi connectivity index (χ0) is 19.3. The Kier molecular flexibility index (Phi) is 6.00. The molecule has 0 fully saturated rings. The van der Waals surface area contributed by atoms with Crippen LogP contribution in [0.4, 0.5) is 17.1 Å². The van der Waals surface area contributed by atoms with E-state index in [4.69, 9.17) is 14.2 Å². The molecule has 0 aliphatic carbocycles. The molecule has 2 aromatic rings. The van der Waals surface area contributed by atoms with Crippen molar-refractivity contribution < 1.29 is 24.1 Å². The van der Waals surface area contributed by atoms with Crippen LogP contribution in [0.3, 0.4) is 0 Å². The number of methoxy groups -OCH3 is 3. The number of hydrogen-bond acceptors (Lipinski definition) is 7.